The Hall–Kier alpha value is -3.01. The Labute approximate surface area is 198 Å². The number of hydrogen-bond donors (Lipinski definition) is 2. The van der Waals surface area contributed by atoms with Crippen LogP contribution in [0.2, 0.25) is 0 Å². The Morgan fingerprint density at radius 2 is 1.72 bits per heavy atom. The number of aliphatic imine (C=N–C) groups is 1. The molecule has 6 nitrogen and oxygen atoms in total. The van der Waals surface area contributed by atoms with Crippen LogP contribution < -0.4 is 15.8 Å². The van der Waals surface area contributed by atoms with E-state index in [2.05, 4.69) is 76.0 Å². The lowest BCUT2D eigenvalue weighted by Crippen LogP contribution is -2.21. The fourth-order valence-electron chi connectivity index (χ4n) is 3.37. The number of anilines is 3. The number of para-hydroxylation sites is 1. The van der Waals surface area contributed by atoms with Crippen LogP contribution >= 0.6 is 34.0 Å². The van der Waals surface area contributed by atoms with Crippen LogP contribution in [0.25, 0.3) is 19.7 Å². The normalized spacial score (nSPS) is 11.6. The lowest BCUT2D eigenvalue weighted by molar-refractivity contribution is 0.866. The number of thiazole rings is 2. The first-order chi connectivity index (χ1) is 15.7. The van der Waals surface area contributed by atoms with Gasteiger partial charge < -0.3 is 4.90 Å². The number of nitrogens with one attached hydrogen (secondary N) is 2. The van der Waals surface area contributed by atoms with Gasteiger partial charge in [-0.15, -0.1) is 11.3 Å². The Morgan fingerprint density at radius 3 is 2.47 bits per heavy atom. The van der Waals surface area contributed by atoms with Crippen molar-refractivity contribution >= 4 is 81.6 Å². The van der Waals surface area contributed by atoms with Gasteiger partial charge >= 0.3 is 0 Å². The fraction of sp³-hybridized carbons (Fsp3) is 0.174. The smallest absolute Gasteiger partial charge is 0.210 e. The second kappa shape index (κ2) is 9.23. The molecule has 3 heterocycles. The third kappa shape index (κ3) is 4.45. The number of thiophene rings is 1. The zero-order valence-corrected chi connectivity index (χ0v) is 20.2. The van der Waals surface area contributed by atoms with Crippen molar-refractivity contribution in [3.63, 3.8) is 0 Å². The third-order valence-electron chi connectivity index (χ3n) is 5.00. The van der Waals surface area contributed by atoms with Crippen LogP contribution in [-0.4, -0.2) is 29.3 Å². The van der Waals surface area contributed by atoms with Gasteiger partial charge in [0, 0.05) is 29.9 Å². The summed E-state index contributed by atoms with van der Waals surface area (Å²) in [4.78, 5) is 18.2. The van der Waals surface area contributed by atoms with Gasteiger partial charge in [0.25, 0.3) is 0 Å². The predicted molar refractivity (Wildman–Crippen MR) is 142 cm³/mol. The van der Waals surface area contributed by atoms with Crippen LogP contribution in [0.5, 0.6) is 0 Å². The van der Waals surface area contributed by atoms with E-state index in [0.717, 1.165) is 53.7 Å². The molecule has 5 rings (SSSR count). The van der Waals surface area contributed by atoms with E-state index >= 15 is 0 Å². The Balaban J connectivity index is 1.23. The topological polar surface area (TPSA) is 65.4 Å². The molecular formula is C23H22N6S3. The third-order valence-corrected chi connectivity index (χ3v) is 7.96. The maximum atomic E-state index is 4.69. The SMILES string of the molecule is CCN(CC)c1ccc(NNc2nc3sc(/C=N/c4nc5ccccc5s4)cc3s2)cc1. The number of hydrogen-bond acceptors (Lipinski definition) is 9. The quantitative estimate of drug-likeness (QED) is 0.186. The summed E-state index contributed by atoms with van der Waals surface area (Å²) < 4.78 is 2.29. The zero-order chi connectivity index (χ0) is 21.9. The number of hydrazine groups is 1. The first-order valence-corrected chi connectivity index (χ1v) is 12.8. The average Bonchev–Trinajstić information content (AvgIpc) is 3.50. The van der Waals surface area contributed by atoms with Crippen molar-refractivity contribution in [2.45, 2.75) is 13.8 Å². The summed E-state index contributed by atoms with van der Waals surface area (Å²) in [6, 6.07) is 18.6. The highest BCUT2D eigenvalue weighted by atomic mass is 32.1. The Morgan fingerprint density at radius 1 is 0.906 bits per heavy atom. The summed E-state index contributed by atoms with van der Waals surface area (Å²) in [6.07, 6.45) is 1.87. The molecule has 0 radical (unpaired) electrons. The molecule has 0 aliphatic rings. The van der Waals surface area contributed by atoms with E-state index in [1.54, 1.807) is 34.0 Å². The molecule has 3 aromatic heterocycles. The monoisotopic (exact) mass is 478 g/mol. The molecule has 0 amide bonds. The lowest BCUT2D eigenvalue weighted by atomic mass is 10.2. The molecule has 0 aliphatic carbocycles. The average molecular weight is 479 g/mol. The molecule has 0 saturated heterocycles. The highest BCUT2D eigenvalue weighted by molar-refractivity contribution is 7.29. The minimum atomic E-state index is 0.773. The van der Waals surface area contributed by atoms with Gasteiger partial charge in [-0.05, 0) is 56.3 Å². The standard InChI is InChI=1S/C23H22N6S3/c1-3-29(4-2)16-11-9-15(10-12-16)27-28-23-26-21-20(32-23)13-17(30-21)14-24-22-25-18-7-5-6-8-19(18)31-22/h5-14,27H,3-4H2,1-2H3,(H,26,28)/b24-14+. The molecule has 5 aromatic rings. The molecule has 0 atom stereocenters. The zero-order valence-electron chi connectivity index (χ0n) is 17.7. The van der Waals surface area contributed by atoms with Gasteiger partial charge in [-0.1, -0.05) is 34.8 Å². The van der Waals surface area contributed by atoms with E-state index < -0.39 is 0 Å². The molecule has 9 heteroatoms. The van der Waals surface area contributed by atoms with Crippen molar-refractivity contribution in [2.75, 3.05) is 28.8 Å². The molecular weight excluding hydrogens is 456 g/mol. The number of aromatic nitrogens is 2. The van der Waals surface area contributed by atoms with Gasteiger partial charge in [0.05, 0.1) is 20.6 Å². The summed E-state index contributed by atoms with van der Waals surface area (Å²) in [7, 11) is 0. The van der Waals surface area contributed by atoms with E-state index in [-0.39, 0.29) is 0 Å². The molecule has 0 fully saturated rings. The van der Waals surface area contributed by atoms with Crippen LogP contribution in [0.3, 0.4) is 0 Å². The Kier molecular flexibility index (Phi) is 6.02. The van der Waals surface area contributed by atoms with Gasteiger partial charge in [0.15, 0.2) is 0 Å². The van der Waals surface area contributed by atoms with E-state index in [1.165, 1.54) is 5.69 Å². The van der Waals surface area contributed by atoms with Crippen LogP contribution in [0.15, 0.2) is 59.6 Å². The van der Waals surface area contributed by atoms with Crippen molar-refractivity contribution in [3.05, 3.63) is 59.5 Å². The fourth-order valence-corrected chi connectivity index (χ4v) is 6.14. The second-order valence-electron chi connectivity index (χ2n) is 7.03. The summed E-state index contributed by atoms with van der Waals surface area (Å²) in [6.45, 7) is 6.35. The van der Waals surface area contributed by atoms with E-state index in [4.69, 9.17) is 4.98 Å². The Bertz CT molecular complexity index is 1300. The molecule has 162 valence electrons. The second-order valence-corrected chi connectivity index (χ2v) is 10.1. The van der Waals surface area contributed by atoms with Crippen molar-refractivity contribution < 1.29 is 0 Å². The summed E-state index contributed by atoms with van der Waals surface area (Å²) in [5.41, 5.74) is 9.68. The number of nitrogens with zero attached hydrogens (tertiary/aromatic N) is 4. The predicted octanol–water partition coefficient (Wildman–Crippen LogP) is 7.00. The van der Waals surface area contributed by atoms with Crippen LogP contribution in [0, 0.1) is 0 Å². The van der Waals surface area contributed by atoms with Crippen LogP contribution in [-0.2, 0) is 0 Å². The number of benzene rings is 2. The van der Waals surface area contributed by atoms with Crippen molar-refractivity contribution in [1.29, 1.82) is 0 Å². The van der Waals surface area contributed by atoms with E-state index in [0.29, 0.717) is 0 Å². The van der Waals surface area contributed by atoms with E-state index in [9.17, 15) is 0 Å². The highest BCUT2D eigenvalue weighted by Crippen LogP contribution is 2.33. The summed E-state index contributed by atoms with van der Waals surface area (Å²) >= 11 is 4.85. The first-order valence-electron chi connectivity index (χ1n) is 10.4. The first kappa shape index (κ1) is 20.9. The van der Waals surface area contributed by atoms with Crippen LogP contribution in [0.1, 0.15) is 18.7 Å². The lowest BCUT2D eigenvalue weighted by Gasteiger charge is -2.21. The summed E-state index contributed by atoms with van der Waals surface area (Å²) in [5.74, 6) is 0. The number of rotatable bonds is 8. The molecule has 32 heavy (non-hydrogen) atoms. The van der Waals surface area contributed by atoms with Crippen LogP contribution in [0.4, 0.5) is 21.6 Å². The van der Waals surface area contributed by atoms with Gasteiger partial charge in [-0.2, -0.15) is 0 Å². The summed E-state index contributed by atoms with van der Waals surface area (Å²) in [5, 5.41) is 1.61. The van der Waals surface area contributed by atoms with Crippen molar-refractivity contribution in [2.24, 2.45) is 4.99 Å². The molecule has 0 bridgehead atoms. The highest BCUT2D eigenvalue weighted by Gasteiger charge is 2.09. The maximum Gasteiger partial charge on any atom is 0.210 e. The molecule has 2 aromatic carbocycles. The molecule has 0 aliphatic heterocycles. The largest absolute Gasteiger partial charge is 0.372 e. The molecule has 0 spiro atoms. The molecule has 2 N–H and O–H groups in total. The van der Waals surface area contributed by atoms with Gasteiger partial charge in [-0.3, -0.25) is 10.9 Å². The van der Waals surface area contributed by atoms with Gasteiger partial charge in [0.1, 0.15) is 4.83 Å². The molecule has 0 saturated carbocycles. The van der Waals surface area contributed by atoms with Gasteiger partial charge in [-0.25, -0.2) is 15.0 Å². The number of fused-ring (bicyclic) bond motifs is 2. The minimum absolute atomic E-state index is 0.773. The molecule has 0 unspecified atom stereocenters. The maximum absolute atomic E-state index is 4.69. The van der Waals surface area contributed by atoms with Gasteiger partial charge in [0.2, 0.25) is 10.3 Å². The van der Waals surface area contributed by atoms with Crippen molar-refractivity contribution in [3.8, 4) is 0 Å². The van der Waals surface area contributed by atoms with E-state index in [1.807, 2.05) is 24.4 Å². The minimum Gasteiger partial charge on any atom is -0.372 e. The van der Waals surface area contributed by atoms with Crippen molar-refractivity contribution in [1.82, 2.24) is 9.97 Å².